The van der Waals surface area contributed by atoms with Crippen molar-refractivity contribution in [2.24, 2.45) is 0 Å². The lowest BCUT2D eigenvalue weighted by molar-refractivity contribution is 0.579. The summed E-state index contributed by atoms with van der Waals surface area (Å²) in [7, 11) is 0. The molecule has 2 aromatic rings. The molecule has 2 rings (SSSR count). The van der Waals surface area contributed by atoms with Crippen molar-refractivity contribution in [3.8, 4) is 12.1 Å². The lowest BCUT2D eigenvalue weighted by Crippen LogP contribution is -2.20. The monoisotopic (exact) mass is 283 g/mol. The van der Waals surface area contributed by atoms with Crippen molar-refractivity contribution < 1.29 is 8.78 Å². The van der Waals surface area contributed by atoms with Crippen LogP contribution in [0.4, 0.5) is 20.2 Å². The van der Waals surface area contributed by atoms with E-state index in [1.165, 1.54) is 4.90 Å². The van der Waals surface area contributed by atoms with E-state index in [1.807, 2.05) is 6.07 Å². The predicted octanol–water partition coefficient (Wildman–Crippen LogP) is 3.89. The summed E-state index contributed by atoms with van der Waals surface area (Å²) in [4.78, 5) is 1.40. The topological polar surface area (TPSA) is 50.8 Å². The number of anilines is 2. The van der Waals surface area contributed by atoms with Gasteiger partial charge in [0, 0.05) is 12.2 Å². The summed E-state index contributed by atoms with van der Waals surface area (Å²) in [6.45, 7) is 0.153. The number of nitriles is 2. The van der Waals surface area contributed by atoms with Crippen LogP contribution in [0.2, 0.25) is 0 Å². The molecular weight excluding hydrogens is 272 g/mol. The Labute approximate surface area is 121 Å². The third-order valence-electron chi connectivity index (χ3n) is 2.93. The molecule has 2 aromatic carbocycles. The minimum absolute atomic E-state index is 0.0814. The molecule has 0 saturated carbocycles. The minimum atomic E-state index is -0.826. The van der Waals surface area contributed by atoms with Crippen molar-refractivity contribution in [3.63, 3.8) is 0 Å². The SMILES string of the molecule is N#CCCN(c1ccccc1)c1c(F)cc(C#N)cc1F. The number of benzene rings is 2. The van der Waals surface area contributed by atoms with E-state index in [1.54, 1.807) is 36.4 Å². The average molecular weight is 283 g/mol. The normalized spacial score (nSPS) is 9.71. The van der Waals surface area contributed by atoms with Gasteiger partial charge in [0.15, 0.2) is 11.6 Å². The summed E-state index contributed by atoms with van der Waals surface area (Å²) in [6, 6.07) is 14.3. The van der Waals surface area contributed by atoms with E-state index in [0.29, 0.717) is 5.69 Å². The van der Waals surface area contributed by atoms with Gasteiger partial charge in [0.25, 0.3) is 0 Å². The van der Waals surface area contributed by atoms with Crippen molar-refractivity contribution in [2.75, 3.05) is 11.4 Å². The highest BCUT2D eigenvalue weighted by atomic mass is 19.1. The molecule has 0 N–H and O–H groups in total. The molecule has 0 fully saturated rings. The summed E-state index contributed by atoms with van der Waals surface area (Å²) in [5, 5.41) is 17.5. The maximum Gasteiger partial charge on any atom is 0.151 e. The van der Waals surface area contributed by atoms with Crippen LogP contribution in [0.15, 0.2) is 42.5 Å². The van der Waals surface area contributed by atoms with Crippen molar-refractivity contribution in [3.05, 3.63) is 59.7 Å². The van der Waals surface area contributed by atoms with E-state index in [2.05, 4.69) is 0 Å². The van der Waals surface area contributed by atoms with Gasteiger partial charge in [-0.1, -0.05) is 18.2 Å². The molecular formula is C16H11F2N3. The smallest absolute Gasteiger partial charge is 0.151 e. The molecule has 0 atom stereocenters. The summed E-state index contributed by atoms with van der Waals surface area (Å²) < 4.78 is 28.3. The zero-order valence-corrected chi connectivity index (χ0v) is 11.1. The van der Waals surface area contributed by atoms with E-state index in [0.717, 1.165) is 12.1 Å². The highest BCUT2D eigenvalue weighted by molar-refractivity contribution is 5.65. The lowest BCUT2D eigenvalue weighted by Gasteiger charge is -2.25. The van der Waals surface area contributed by atoms with Crippen LogP contribution in [-0.2, 0) is 0 Å². The first-order valence-corrected chi connectivity index (χ1v) is 6.26. The highest BCUT2D eigenvalue weighted by Crippen LogP contribution is 2.31. The Morgan fingerprint density at radius 3 is 2.14 bits per heavy atom. The fourth-order valence-corrected chi connectivity index (χ4v) is 2.03. The first-order valence-electron chi connectivity index (χ1n) is 6.26. The molecule has 0 spiro atoms. The third-order valence-corrected chi connectivity index (χ3v) is 2.93. The number of hydrogen-bond donors (Lipinski definition) is 0. The number of halogens is 2. The van der Waals surface area contributed by atoms with Crippen LogP contribution in [0, 0.1) is 34.3 Å². The second kappa shape index (κ2) is 6.49. The van der Waals surface area contributed by atoms with Gasteiger partial charge in [0.1, 0.15) is 5.69 Å². The van der Waals surface area contributed by atoms with Gasteiger partial charge >= 0.3 is 0 Å². The Balaban J connectivity index is 2.53. The fourth-order valence-electron chi connectivity index (χ4n) is 2.03. The summed E-state index contributed by atoms with van der Waals surface area (Å²) in [5.41, 5.74) is 0.243. The lowest BCUT2D eigenvalue weighted by atomic mass is 10.1. The number of para-hydroxylation sites is 1. The van der Waals surface area contributed by atoms with Crippen LogP contribution in [0.1, 0.15) is 12.0 Å². The molecule has 5 heteroatoms. The molecule has 0 aliphatic carbocycles. The van der Waals surface area contributed by atoms with E-state index in [9.17, 15) is 8.78 Å². The maximum atomic E-state index is 14.1. The summed E-state index contributed by atoms with van der Waals surface area (Å²) >= 11 is 0. The van der Waals surface area contributed by atoms with Gasteiger partial charge in [0.05, 0.1) is 24.1 Å². The summed E-state index contributed by atoms with van der Waals surface area (Å²) in [6.07, 6.45) is 0.119. The van der Waals surface area contributed by atoms with Gasteiger partial charge < -0.3 is 4.90 Å². The second-order valence-corrected chi connectivity index (χ2v) is 4.30. The molecule has 0 unspecified atom stereocenters. The van der Waals surface area contributed by atoms with Crippen LogP contribution in [0.3, 0.4) is 0 Å². The molecule has 0 heterocycles. The number of rotatable bonds is 4. The van der Waals surface area contributed by atoms with Gasteiger partial charge in [-0.05, 0) is 24.3 Å². The molecule has 104 valence electrons. The zero-order valence-electron chi connectivity index (χ0n) is 11.1. The quantitative estimate of drug-likeness (QED) is 0.855. The molecule has 0 radical (unpaired) electrons. The Bertz CT molecular complexity index is 692. The van der Waals surface area contributed by atoms with Crippen LogP contribution in [0.5, 0.6) is 0 Å². The van der Waals surface area contributed by atoms with Gasteiger partial charge in [-0.25, -0.2) is 8.78 Å². The van der Waals surface area contributed by atoms with Gasteiger partial charge in [-0.15, -0.1) is 0 Å². The van der Waals surface area contributed by atoms with Gasteiger partial charge in [-0.3, -0.25) is 0 Å². The average Bonchev–Trinajstić information content (AvgIpc) is 2.50. The predicted molar refractivity (Wildman–Crippen MR) is 74.8 cm³/mol. The van der Waals surface area contributed by atoms with E-state index in [4.69, 9.17) is 10.5 Å². The Kier molecular flexibility index (Phi) is 4.48. The second-order valence-electron chi connectivity index (χ2n) is 4.30. The Morgan fingerprint density at radius 2 is 1.62 bits per heavy atom. The third kappa shape index (κ3) is 3.16. The van der Waals surface area contributed by atoms with Gasteiger partial charge in [-0.2, -0.15) is 10.5 Å². The molecule has 0 aromatic heterocycles. The van der Waals surface area contributed by atoms with E-state index >= 15 is 0 Å². The van der Waals surface area contributed by atoms with Crippen LogP contribution < -0.4 is 4.90 Å². The van der Waals surface area contributed by atoms with Crippen LogP contribution in [-0.4, -0.2) is 6.54 Å². The highest BCUT2D eigenvalue weighted by Gasteiger charge is 2.19. The first-order chi connectivity index (χ1) is 10.2. The largest absolute Gasteiger partial charge is 0.336 e. The van der Waals surface area contributed by atoms with Crippen molar-refractivity contribution >= 4 is 11.4 Å². The number of hydrogen-bond acceptors (Lipinski definition) is 3. The molecule has 0 amide bonds. The molecule has 0 aliphatic heterocycles. The Morgan fingerprint density at radius 1 is 1.00 bits per heavy atom. The van der Waals surface area contributed by atoms with Gasteiger partial charge in [0.2, 0.25) is 0 Å². The fraction of sp³-hybridized carbons (Fsp3) is 0.125. The van der Waals surface area contributed by atoms with E-state index < -0.39 is 11.6 Å². The van der Waals surface area contributed by atoms with E-state index in [-0.39, 0.29) is 24.2 Å². The molecule has 0 saturated heterocycles. The first kappa shape index (κ1) is 14.5. The molecule has 3 nitrogen and oxygen atoms in total. The summed E-state index contributed by atoms with van der Waals surface area (Å²) in [5.74, 6) is -1.65. The Hall–Kier alpha value is -2.92. The van der Waals surface area contributed by atoms with Crippen LogP contribution >= 0.6 is 0 Å². The zero-order chi connectivity index (χ0) is 15.2. The molecule has 21 heavy (non-hydrogen) atoms. The minimum Gasteiger partial charge on any atom is -0.336 e. The van der Waals surface area contributed by atoms with Crippen molar-refractivity contribution in [1.29, 1.82) is 10.5 Å². The van der Waals surface area contributed by atoms with Crippen LogP contribution in [0.25, 0.3) is 0 Å². The standard InChI is InChI=1S/C16H11F2N3/c17-14-9-12(11-20)10-15(18)16(14)21(8-4-7-19)13-5-2-1-3-6-13/h1-3,5-6,9-10H,4,8H2. The van der Waals surface area contributed by atoms with Crippen molar-refractivity contribution in [1.82, 2.24) is 0 Å². The molecule has 0 bridgehead atoms. The number of nitrogens with zero attached hydrogens (tertiary/aromatic N) is 3. The maximum absolute atomic E-state index is 14.1. The molecule has 0 aliphatic rings. The van der Waals surface area contributed by atoms with Crippen molar-refractivity contribution in [2.45, 2.75) is 6.42 Å².